The minimum atomic E-state index is -0.469. The first-order chi connectivity index (χ1) is 11.3. The van der Waals surface area contributed by atoms with Crippen LogP contribution in [0.2, 0.25) is 0 Å². The van der Waals surface area contributed by atoms with E-state index >= 15 is 0 Å². The van der Waals surface area contributed by atoms with Crippen LogP contribution < -0.4 is 10.1 Å². The molecule has 1 amide bonds. The molecule has 2 fully saturated rings. The topological polar surface area (TPSA) is 41.6 Å². The van der Waals surface area contributed by atoms with Crippen LogP contribution in [0.25, 0.3) is 10.8 Å². The van der Waals surface area contributed by atoms with Crippen LogP contribution in [0, 0.1) is 0 Å². The summed E-state index contributed by atoms with van der Waals surface area (Å²) in [6, 6.07) is 13.2. The highest BCUT2D eigenvalue weighted by atomic mass is 16.5. The Bertz CT molecular complexity index is 788. The van der Waals surface area contributed by atoms with Gasteiger partial charge in [0.2, 0.25) is 6.23 Å². The molecule has 2 aromatic rings. The zero-order chi connectivity index (χ0) is 15.4. The summed E-state index contributed by atoms with van der Waals surface area (Å²) in [5, 5.41) is 5.65. The standard InChI is InChI=1S/C19H20N2O2/c22-18-19-21(16-8-4-3-7-15(16)20-18)11-14-13-6-2-1-5-12(13)9-10-17(14)23-19/h1-2,5-6,9-10,15-16,19H,3-4,7-8,11H2,(H,20,22)/t15-,16-,19-/m0/s1. The maximum atomic E-state index is 12.5. The van der Waals surface area contributed by atoms with E-state index in [1.54, 1.807) is 0 Å². The monoisotopic (exact) mass is 308 g/mol. The Morgan fingerprint density at radius 2 is 1.96 bits per heavy atom. The molecule has 1 saturated heterocycles. The molecule has 5 rings (SSSR count). The maximum Gasteiger partial charge on any atom is 0.277 e. The van der Waals surface area contributed by atoms with E-state index in [-0.39, 0.29) is 11.9 Å². The first kappa shape index (κ1) is 13.4. The van der Waals surface area contributed by atoms with Crippen LogP contribution in [-0.2, 0) is 11.3 Å². The first-order valence-electron chi connectivity index (χ1n) is 8.55. The summed E-state index contributed by atoms with van der Waals surface area (Å²) >= 11 is 0. The molecule has 4 heteroatoms. The fourth-order valence-corrected chi connectivity index (χ4v) is 4.47. The number of ether oxygens (including phenoxy) is 1. The summed E-state index contributed by atoms with van der Waals surface area (Å²) in [5.41, 5.74) is 1.22. The van der Waals surface area contributed by atoms with Gasteiger partial charge in [-0.1, -0.05) is 43.2 Å². The third-order valence-electron chi connectivity index (χ3n) is 5.59. The van der Waals surface area contributed by atoms with Gasteiger partial charge >= 0.3 is 0 Å². The minimum absolute atomic E-state index is 0.0203. The molecule has 0 aromatic heterocycles. The van der Waals surface area contributed by atoms with Crippen LogP contribution in [0.4, 0.5) is 0 Å². The van der Waals surface area contributed by atoms with Gasteiger partial charge in [0.1, 0.15) is 5.75 Å². The molecular formula is C19H20N2O2. The fourth-order valence-electron chi connectivity index (χ4n) is 4.47. The largest absolute Gasteiger partial charge is 0.465 e. The molecule has 0 radical (unpaired) electrons. The first-order valence-corrected chi connectivity index (χ1v) is 8.55. The van der Waals surface area contributed by atoms with Crippen LogP contribution in [0.15, 0.2) is 36.4 Å². The van der Waals surface area contributed by atoms with E-state index in [1.807, 2.05) is 6.07 Å². The molecular weight excluding hydrogens is 288 g/mol. The molecule has 1 aliphatic carbocycles. The quantitative estimate of drug-likeness (QED) is 0.814. The summed E-state index contributed by atoms with van der Waals surface area (Å²) < 4.78 is 6.12. The summed E-state index contributed by atoms with van der Waals surface area (Å²) in [7, 11) is 0. The summed E-state index contributed by atoms with van der Waals surface area (Å²) in [4.78, 5) is 14.8. The second-order valence-electron chi connectivity index (χ2n) is 6.87. The van der Waals surface area contributed by atoms with Crippen molar-refractivity contribution in [3.05, 3.63) is 42.0 Å². The van der Waals surface area contributed by atoms with Gasteiger partial charge in [-0.05, 0) is 29.7 Å². The SMILES string of the molecule is O=C1N[C@H]2CCCC[C@@H]2N2Cc3c(ccc4ccccc34)O[C@@H]12. The number of hydrogen-bond acceptors (Lipinski definition) is 3. The van der Waals surface area contributed by atoms with Crippen molar-refractivity contribution in [2.24, 2.45) is 0 Å². The highest BCUT2D eigenvalue weighted by molar-refractivity contribution is 5.89. The Labute approximate surface area is 135 Å². The summed E-state index contributed by atoms with van der Waals surface area (Å²) in [6.07, 6.45) is 4.21. The van der Waals surface area contributed by atoms with Crippen molar-refractivity contribution in [1.82, 2.24) is 10.2 Å². The van der Waals surface area contributed by atoms with Crippen molar-refractivity contribution in [2.45, 2.75) is 50.5 Å². The number of benzene rings is 2. The van der Waals surface area contributed by atoms with Gasteiger partial charge < -0.3 is 10.1 Å². The molecule has 0 unspecified atom stereocenters. The Kier molecular flexibility index (Phi) is 2.89. The third kappa shape index (κ3) is 1.98. The molecule has 3 aliphatic rings. The van der Waals surface area contributed by atoms with Crippen molar-refractivity contribution in [3.8, 4) is 5.75 Å². The molecule has 0 spiro atoms. The third-order valence-corrected chi connectivity index (χ3v) is 5.59. The molecule has 23 heavy (non-hydrogen) atoms. The molecule has 2 aromatic carbocycles. The van der Waals surface area contributed by atoms with E-state index in [9.17, 15) is 4.79 Å². The van der Waals surface area contributed by atoms with Crippen molar-refractivity contribution in [3.63, 3.8) is 0 Å². The van der Waals surface area contributed by atoms with Gasteiger partial charge in [-0.25, -0.2) is 0 Å². The molecule has 0 bridgehead atoms. The number of amides is 1. The van der Waals surface area contributed by atoms with Crippen molar-refractivity contribution in [1.29, 1.82) is 0 Å². The smallest absolute Gasteiger partial charge is 0.277 e. The number of fused-ring (bicyclic) bond motifs is 6. The lowest BCUT2D eigenvalue weighted by molar-refractivity contribution is -0.153. The van der Waals surface area contributed by atoms with Crippen LogP contribution in [0.3, 0.4) is 0 Å². The number of nitrogens with one attached hydrogen (secondary N) is 1. The number of carbonyl (C=O) groups is 1. The zero-order valence-corrected chi connectivity index (χ0v) is 13.0. The van der Waals surface area contributed by atoms with Crippen molar-refractivity contribution < 1.29 is 9.53 Å². The van der Waals surface area contributed by atoms with Gasteiger partial charge in [-0.2, -0.15) is 0 Å². The van der Waals surface area contributed by atoms with E-state index < -0.39 is 6.23 Å². The van der Waals surface area contributed by atoms with Gasteiger partial charge in [0.15, 0.2) is 0 Å². The lowest BCUT2D eigenvalue weighted by atomic mass is 9.86. The number of hydrogen-bond donors (Lipinski definition) is 1. The van der Waals surface area contributed by atoms with Gasteiger partial charge in [0.25, 0.3) is 5.91 Å². The molecule has 2 aliphatic heterocycles. The van der Waals surface area contributed by atoms with Gasteiger partial charge in [0.05, 0.1) is 0 Å². The lowest BCUT2D eigenvalue weighted by Crippen LogP contribution is -2.68. The van der Waals surface area contributed by atoms with E-state index in [1.165, 1.54) is 29.2 Å². The summed E-state index contributed by atoms with van der Waals surface area (Å²) in [5.74, 6) is 0.876. The average molecular weight is 308 g/mol. The Balaban J connectivity index is 1.61. The van der Waals surface area contributed by atoms with Crippen LogP contribution in [0.5, 0.6) is 5.75 Å². The second kappa shape index (κ2) is 4.96. The molecule has 118 valence electrons. The average Bonchev–Trinajstić information content (AvgIpc) is 2.60. The number of rotatable bonds is 0. The fraction of sp³-hybridized carbons (Fsp3) is 0.421. The van der Waals surface area contributed by atoms with Crippen molar-refractivity contribution in [2.75, 3.05) is 0 Å². The highest BCUT2D eigenvalue weighted by Gasteiger charge is 2.46. The normalized spacial score (nSPS) is 29.9. The molecule has 4 nitrogen and oxygen atoms in total. The predicted molar refractivity (Wildman–Crippen MR) is 88.1 cm³/mol. The number of carbonyl (C=O) groups excluding carboxylic acids is 1. The Hall–Kier alpha value is -2.07. The van der Waals surface area contributed by atoms with E-state index in [0.29, 0.717) is 6.04 Å². The molecule has 2 heterocycles. The van der Waals surface area contributed by atoms with Gasteiger partial charge in [0, 0.05) is 24.2 Å². The minimum Gasteiger partial charge on any atom is -0.465 e. The van der Waals surface area contributed by atoms with E-state index in [4.69, 9.17) is 4.74 Å². The predicted octanol–water partition coefficient (Wildman–Crippen LogP) is 2.80. The molecule has 1 N–H and O–H groups in total. The Morgan fingerprint density at radius 3 is 2.91 bits per heavy atom. The van der Waals surface area contributed by atoms with E-state index in [0.717, 1.165) is 25.1 Å². The molecule has 3 atom stereocenters. The van der Waals surface area contributed by atoms with Crippen molar-refractivity contribution >= 4 is 16.7 Å². The Morgan fingerprint density at radius 1 is 1.09 bits per heavy atom. The lowest BCUT2D eigenvalue weighted by Gasteiger charge is -2.49. The van der Waals surface area contributed by atoms with Crippen LogP contribution in [0.1, 0.15) is 31.2 Å². The summed E-state index contributed by atoms with van der Waals surface area (Å²) in [6.45, 7) is 0.802. The maximum absolute atomic E-state index is 12.5. The van der Waals surface area contributed by atoms with Gasteiger partial charge in [-0.15, -0.1) is 0 Å². The van der Waals surface area contributed by atoms with Crippen LogP contribution >= 0.6 is 0 Å². The van der Waals surface area contributed by atoms with Crippen LogP contribution in [-0.4, -0.2) is 29.1 Å². The number of piperazine rings is 1. The highest BCUT2D eigenvalue weighted by Crippen LogP contribution is 2.38. The molecule has 1 saturated carbocycles. The zero-order valence-electron chi connectivity index (χ0n) is 13.0. The number of nitrogens with zero attached hydrogens (tertiary/aromatic N) is 1. The van der Waals surface area contributed by atoms with E-state index in [2.05, 4.69) is 40.5 Å². The second-order valence-corrected chi connectivity index (χ2v) is 6.87. The van der Waals surface area contributed by atoms with Gasteiger partial charge in [-0.3, -0.25) is 9.69 Å².